The molecule has 0 bridgehead atoms. The van der Waals surface area contributed by atoms with Gasteiger partial charge in [-0.2, -0.15) is 0 Å². The number of benzene rings is 1. The molecule has 1 aromatic heterocycles. The summed E-state index contributed by atoms with van der Waals surface area (Å²) in [6, 6.07) is 7.42. The molecular weight excluding hydrogens is 324 g/mol. The summed E-state index contributed by atoms with van der Waals surface area (Å²) in [4.78, 5) is 12.7. The molecule has 1 amide bonds. The number of hydrogen-bond donors (Lipinski definition) is 1. The van der Waals surface area contributed by atoms with E-state index < -0.39 is 0 Å². The smallest absolute Gasteiger partial charge is 0.257 e. The Hall–Kier alpha value is -1.81. The zero-order valence-corrected chi connectivity index (χ0v) is 15.5. The van der Waals surface area contributed by atoms with Gasteiger partial charge in [-0.1, -0.05) is 61.6 Å². The average Bonchev–Trinajstić information content (AvgIpc) is 2.89. The highest BCUT2D eigenvalue weighted by molar-refractivity contribution is 6.33. The molecule has 24 heavy (non-hydrogen) atoms. The number of halogens is 1. The number of carbonyl (C=O) groups excluding carboxylic acids is 1. The van der Waals surface area contributed by atoms with Crippen LogP contribution in [0.25, 0.3) is 11.3 Å². The lowest BCUT2D eigenvalue weighted by atomic mass is 10.0. The molecule has 5 heteroatoms. The van der Waals surface area contributed by atoms with Gasteiger partial charge in [-0.05, 0) is 32.3 Å². The van der Waals surface area contributed by atoms with Crippen LogP contribution in [-0.4, -0.2) is 17.1 Å². The summed E-state index contributed by atoms with van der Waals surface area (Å²) in [5.41, 5.74) is 1.65. The zero-order chi connectivity index (χ0) is 17.7. The molecule has 0 aliphatic rings. The number of nitrogens with one attached hydrogen (secondary N) is 1. The van der Waals surface area contributed by atoms with Crippen molar-refractivity contribution in [3.05, 3.63) is 40.6 Å². The van der Waals surface area contributed by atoms with E-state index in [9.17, 15) is 4.79 Å². The van der Waals surface area contributed by atoms with Crippen LogP contribution in [0.15, 0.2) is 28.8 Å². The van der Waals surface area contributed by atoms with Gasteiger partial charge in [0.15, 0.2) is 0 Å². The third-order valence-corrected chi connectivity index (χ3v) is 4.34. The summed E-state index contributed by atoms with van der Waals surface area (Å²) in [6.07, 6.45) is 3.21. The molecule has 0 fully saturated rings. The molecule has 1 aromatic carbocycles. The Balaban J connectivity index is 2.13. The standard InChI is InChI=1S/C19H25ClN2O2/c1-12(2)8-7-9-13(3)21-19(23)17-14(4)24-22-18(17)15-10-5-6-11-16(15)20/h5-6,10-13H,7-9H2,1-4H3,(H,21,23)/t13-/m1/s1. The van der Waals surface area contributed by atoms with E-state index in [4.69, 9.17) is 16.1 Å². The molecule has 0 saturated heterocycles. The Bertz CT molecular complexity index is 694. The summed E-state index contributed by atoms with van der Waals surface area (Å²) in [5, 5.41) is 7.63. The van der Waals surface area contributed by atoms with Gasteiger partial charge in [-0.25, -0.2) is 0 Å². The molecule has 0 radical (unpaired) electrons. The molecule has 1 heterocycles. The van der Waals surface area contributed by atoms with E-state index in [1.165, 1.54) is 0 Å². The van der Waals surface area contributed by atoms with Crippen LogP contribution in [0, 0.1) is 12.8 Å². The number of aryl methyl sites for hydroxylation is 1. The minimum Gasteiger partial charge on any atom is -0.360 e. The lowest BCUT2D eigenvalue weighted by Gasteiger charge is -2.14. The van der Waals surface area contributed by atoms with Gasteiger partial charge in [0.25, 0.3) is 5.91 Å². The van der Waals surface area contributed by atoms with Gasteiger partial charge in [0.2, 0.25) is 0 Å². The van der Waals surface area contributed by atoms with Crippen molar-refractivity contribution in [3.63, 3.8) is 0 Å². The molecule has 4 nitrogen and oxygen atoms in total. The monoisotopic (exact) mass is 348 g/mol. The fraction of sp³-hybridized carbons (Fsp3) is 0.474. The van der Waals surface area contributed by atoms with Crippen molar-refractivity contribution >= 4 is 17.5 Å². The maximum absolute atomic E-state index is 12.7. The Morgan fingerprint density at radius 1 is 1.25 bits per heavy atom. The van der Waals surface area contributed by atoms with E-state index >= 15 is 0 Å². The SMILES string of the molecule is Cc1onc(-c2ccccc2Cl)c1C(=O)N[C@H](C)CCCC(C)C. The van der Waals surface area contributed by atoms with Gasteiger partial charge < -0.3 is 9.84 Å². The van der Waals surface area contributed by atoms with Gasteiger partial charge in [-0.3, -0.25) is 4.79 Å². The molecule has 0 unspecified atom stereocenters. The second kappa shape index (κ2) is 8.34. The van der Waals surface area contributed by atoms with Gasteiger partial charge >= 0.3 is 0 Å². The first-order valence-corrected chi connectivity index (χ1v) is 8.80. The van der Waals surface area contributed by atoms with Crippen LogP contribution in [0.2, 0.25) is 5.02 Å². The van der Waals surface area contributed by atoms with Gasteiger partial charge in [0.1, 0.15) is 17.0 Å². The van der Waals surface area contributed by atoms with Crippen LogP contribution in [0.3, 0.4) is 0 Å². The van der Waals surface area contributed by atoms with Crippen molar-refractivity contribution in [1.29, 1.82) is 0 Å². The maximum Gasteiger partial charge on any atom is 0.257 e. The van der Waals surface area contributed by atoms with Crippen molar-refractivity contribution in [1.82, 2.24) is 10.5 Å². The van der Waals surface area contributed by atoms with E-state index in [1.54, 1.807) is 13.0 Å². The van der Waals surface area contributed by atoms with Crippen LogP contribution < -0.4 is 5.32 Å². The highest BCUT2D eigenvalue weighted by Gasteiger charge is 2.23. The topological polar surface area (TPSA) is 55.1 Å². The first-order chi connectivity index (χ1) is 11.4. The molecule has 1 atom stereocenters. The number of amides is 1. The number of nitrogens with zero attached hydrogens (tertiary/aromatic N) is 1. The quantitative estimate of drug-likeness (QED) is 0.743. The predicted molar refractivity (Wildman–Crippen MR) is 97.3 cm³/mol. The zero-order valence-electron chi connectivity index (χ0n) is 14.7. The largest absolute Gasteiger partial charge is 0.360 e. The van der Waals surface area contributed by atoms with Crippen LogP contribution in [0.5, 0.6) is 0 Å². The number of carbonyl (C=O) groups is 1. The van der Waals surface area contributed by atoms with Gasteiger partial charge in [0.05, 0.1) is 5.02 Å². The molecule has 2 aromatic rings. The second-order valence-electron chi connectivity index (χ2n) is 6.64. The van der Waals surface area contributed by atoms with Crippen molar-refractivity contribution in [3.8, 4) is 11.3 Å². The highest BCUT2D eigenvalue weighted by Crippen LogP contribution is 2.31. The Kier molecular flexibility index (Phi) is 6.44. The average molecular weight is 349 g/mol. The van der Waals surface area contributed by atoms with E-state index in [1.807, 2.05) is 25.1 Å². The molecular formula is C19H25ClN2O2. The Morgan fingerprint density at radius 2 is 1.96 bits per heavy atom. The molecule has 130 valence electrons. The summed E-state index contributed by atoms with van der Waals surface area (Å²) in [5.74, 6) is 1.01. The van der Waals surface area contributed by atoms with Crippen LogP contribution in [0.4, 0.5) is 0 Å². The van der Waals surface area contributed by atoms with Crippen molar-refractivity contribution in [2.75, 3.05) is 0 Å². The van der Waals surface area contributed by atoms with Crippen molar-refractivity contribution in [2.24, 2.45) is 5.92 Å². The van der Waals surface area contributed by atoms with E-state index in [0.29, 0.717) is 33.5 Å². The predicted octanol–water partition coefficient (Wildman–Crippen LogP) is 5.25. The minimum absolute atomic E-state index is 0.102. The fourth-order valence-electron chi connectivity index (χ4n) is 2.68. The third-order valence-electron chi connectivity index (χ3n) is 4.01. The van der Waals surface area contributed by atoms with E-state index in [2.05, 4.69) is 24.3 Å². The molecule has 0 spiro atoms. The summed E-state index contributed by atoms with van der Waals surface area (Å²) < 4.78 is 5.25. The van der Waals surface area contributed by atoms with Crippen molar-refractivity contribution < 1.29 is 9.32 Å². The third kappa shape index (κ3) is 4.60. The Morgan fingerprint density at radius 3 is 2.62 bits per heavy atom. The molecule has 0 aliphatic heterocycles. The normalized spacial score (nSPS) is 12.4. The Labute approximate surface area is 148 Å². The van der Waals surface area contributed by atoms with Crippen LogP contribution in [0.1, 0.15) is 56.2 Å². The fourth-order valence-corrected chi connectivity index (χ4v) is 2.90. The highest BCUT2D eigenvalue weighted by atomic mass is 35.5. The first-order valence-electron chi connectivity index (χ1n) is 8.42. The van der Waals surface area contributed by atoms with Crippen molar-refractivity contribution in [2.45, 2.75) is 53.0 Å². The minimum atomic E-state index is -0.166. The second-order valence-corrected chi connectivity index (χ2v) is 7.05. The molecule has 0 saturated carbocycles. The summed E-state index contributed by atoms with van der Waals surface area (Å²) in [6.45, 7) is 8.18. The molecule has 1 N–H and O–H groups in total. The van der Waals surface area contributed by atoms with Gasteiger partial charge in [0, 0.05) is 11.6 Å². The van der Waals surface area contributed by atoms with E-state index in [0.717, 1.165) is 19.3 Å². The number of hydrogen-bond acceptors (Lipinski definition) is 3. The maximum atomic E-state index is 12.7. The molecule has 0 aliphatic carbocycles. The lowest BCUT2D eigenvalue weighted by molar-refractivity contribution is 0.0937. The summed E-state index contributed by atoms with van der Waals surface area (Å²) in [7, 11) is 0. The number of rotatable bonds is 7. The van der Waals surface area contributed by atoms with E-state index in [-0.39, 0.29) is 11.9 Å². The summed E-state index contributed by atoms with van der Waals surface area (Å²) >= 11 is 6.24. The van der Waals surface area contributed by atoms with Crippen LogP contribution >= 0.6 is 11.6 Å². The lowest BCUT2D eigenvalue weighted by Crippen LogP contribution is -2.33. The van der Waals surface area contributed by atoms with Crippen LogP contribution in [-0.2, 0) is 0 Å². The molecule has 2 rings (SSSR count). The van der Waals surface area contributed by atoms with Gasteiger partial charge in [-0.15, -0.1) is 0 Å². The number of aromatic nitrogens is 1. The first kappa shape index (κ1) is 18.5.